The summed E-state index contributed by atoms with van der Waals surface area (Å²) in [5, 5.41) is 11.2. The highest BCUT2D eigenvalue weighted by Crippen LogP contribution is 2.34. The third kappa shape index (κ3) is 2.76. The molecule has 0 saturated carbocycles. The summed E-state index contributed by atoms with van der Waals surface area (Å²) < 4.78 is 20.3. The van der Waals surface area contributed by atoms with Gasteiger partial charge in [0.25, 0.3) is 5.91 Å². The number of thiophene rings is 1. The van der Waals surface area contributed by atoms with E-state index in [0.717, 1.165) is 4.70 Å². The summed E-state index contributed by atoms with van der Waals surface area (Å²) in [7, 11) is 0. The van der Waals surface area contributed by atoms with E-state index in [1.54, 1.807) is 38.1 Å². The lowest BCUT2D eigenvalue weighted by Gasteiger charge is -2.08. The van der Waals surface area contributed by atoms with E-state index in [4.69, 9.17) is 4.42 Å². The Morgan fingerprint density at radius 3 is 2.65 bits per heavy atom. The van der Waals surface area contributed by atoms with Crippen molar-refractivity contribution < 1.29 is 13.6 Å². The molecule has 4 rings (SSSR count). The van der Waals surface area contributed by atoms with Gasteiger partial charge in [-0.25, -0.2) is 4.39 Å². The normalized spacial score (nSPS) is 11.0. The van der Waals surface area contributed by atoms with Crippen molar-refractivity contribution in [2.24, 2.45) is 0 Å². The number of aromatic nitrogens is 2. The highest BCUT2D eigenvalue weighted by Gasteiger charge is 2.20. The average Bonchev–Trinajstić information content (AvgIpc) is 3.20. The number of halogens is 1. The van der Waals surface area contributed by atoms with E-state index in [1.807, 2.05) is 12.1 Å². The molecule has 2 heterocycles. The van der Waals surface area contributed by atoms with Crippen molar-refractivity contribution >= 4 is 33.0 Å². The summed E-state index contributed by atoms with van der Waals surface area (Å²) in [6, 6.07) is 12.0. The Morgan fingerprint density at radius 2 is 1.92 bits per heavy atom. The number of aryl methyl sites for hydroxylation is 2. The van der Waals surface area contributed by atoms with Crippen molar-refractivity contribution in [1.82, 2.24) is 10.2 Å². The highest BCUT2D eigenvalue weighted by molar-refractivity contribution is 7.21. The number of nitrogens with zero attached hydrogens (tertiary/aromatic N) is 2. The van der Waals surface area contributed by atoms with Crippen LogP contribution in [0.4, 0.5) is 10.1 Å². The van der Waals surface area contributed by atoms with Gasteiger partial charge in [0.15, 0.2) is 0 Å². The van der Waals surface area contributed by atoms with Crippen LogP contribution in [0.25, 0.3) is 21.5 Å². The van der Waals surface area contributed by atoms with E-state index in [2.05, 4.69) is 15.5 Å². The Labute approximate surface area is 152 Å². The van der Waals surface area contributed by atoms with Gasteiger partial charge in [-0.1, -0.05) is 18.2 Å². The standard InChI is InChI=1S/C19H14FN3O2S/c1-10-16-13(20)7-5-9-15(16)26-17(10)18(24)21-14-8-4-3-6-12(14)19-23-22-11(2)25-19/h3-9H,1-2H3,(H,21,24). The molecule has 0 saturated heterocycles. The molecule has 0 atom stereocenters. The molecule has 1 amide bonds. The maximum Gasteiger partial charge on any atom is 0.266 e. The highest BCUT2D eigenvalue weighted by atomic mass is 32.1. The zero-order valence-corrected chi connectivity index (χ0v) is 14.9. The predicted molar refractivity (Wildman–Crippen MR) is 98.9 cm³/mol. The second kappa shape index (κ2) is 6.34. The lowest BCUT2D eigenvalue weighted by molar-refractivity contribution is 0.103. The van der Waals surface area contributed by atoms with Gasteiger partial charge in [-0.3, -0.25) is 4.79 Å². The first kappa shape index (κ1) is 16.4. The Hall–Kier alpha value is -3.06. The molecule has 7 heteroatoms. The zero-order chi connectivity index (χ0) is 18.3. The van der Waals surface area contributed by atoms with Crippen LogP contribution < -0.4 is 5.32 Å². The number of amides is 1. The van der Waals surface area contributed by atoms with Gasteiger partial charge in [0, 0.05) is 17.0 Å². The first-order valence-electron chi connectivity index (χ1n) is 7.93. The van der Waals surface area contributed by atoms with Gasteiger partial charge < -0.3 is 9.73 Å². The number of anilines is 1. The van der Waals surface area contributed by atoms with Crippen LogP contribution in [0.5, 0.6) is 0 Å². The van der Waals surface area contributed by atoms with Crippen molar-refractivity contribution in [2.45, 2.75) is 13.8 Å². The number of para-hydroxylation sites is 1. The Balaban J connectivity index is 1.72. The first-order chi connectivity index (χ1) is 12.5. The second-order valence-electron chi connectivity index (χ2n) is 5.80. The largest absolute Gasteiger partial charge is 0.421 e. The van der Waals surface area contributed by atoms with E-state index < -0.39 is 0 Å². The Kier molecular flexibility index (Phi) is 4.00. The number of hydrogen-bond acceptors (Lipinski definition) is 5. The van der Waals surface area contributed by atoms with Crippen molar-refractivity contribution in [3.05, 3.63) is 64.6 Å². The van der Waals surface area contributed by atoms with Crippen LogP contribution in [-0.2, 0) is 0 Å². The van der Waals surface area contributed by atoms with Crippen LogP contribution in [0, 0.1) is 19.7 Å². The van der Waals surface area contributed by atoms with E-state index in [0.29, 0.717) is 38.9 Å². The molecule has 0 aliphatic carbocycles. The van der Waals surface area contributed by atoms with Crippen LogP contribution in [-0.4, -0.2) is 16.1 Å². The fourth-order valence-electron chi connectivity index (χ4n) is 2.83. The molecule has 2 aromatic carbocycles. The summed E-state index contributed by atoms with van der Waals surface area (Å²) in [4.78, 5) is 13.3. The number of carbonyl (C=O) groups excluding carboxylic acids is 1. The van der Waals surface area contributed by atoms with E-state index in [1.165, 1.54) is 17.4 Å². The maximum absolute atomic E-state index is 14.1. The minimum absolute atomic E-state index is 0.299. The van der Waals surface area contributed by atoms with Crippen LogP contribution in [0.1, 0.15) is 21.1 Å². The molecule has 0 radical (unpaired) electrons. The maximum atomic E-state index is 14.1. The molecule has 4 aromatic rings. The molecule has 0 aliphatic rings. The fraction of sp³-hybridized carbons (Fsp3) is 0.105. The van der Waals surface area contributed by atoms with Crippen LogP contribution >= 0.6 is 11.3 Å². The van der Waals surface area contributed by atoms with Crippen LogP contribution in [0.15, 0.2) is 46.9 Å². The number of benzene rings is 2. The lowest BCUT2D eigenvalue weighted by Crippen LogP contribution is -2.12. The summed E-state index contributed by atoms with van der Waals surface area (Å²) >= 11 is 1.27. The minimum atomic E-state index is -0.322. The van der Waals surface area contributed by atoms with Gasteiger partial charge in [0.2, 0.25) is 11.8 Å². The van der Waals surface area contributed by atoms with Gasteiger partial charge in [0.1, 0.15) is 5.82 Å². The molecule has 0 fully saturated rings. The average molecular weight is 367 g/mol. The van der Waals surface area contributed by atoms with Crippen molar-refractivity contribution in [3.63, 3.8) is 0 Å². The first-order valence-corrected chi connectivity index (χ1v) is 8.74. The number of carbonyl (C=O) groups is 1. The molecule has 0 aliphatic heterocycles. The number of nitrogens with one attached hydrogen (secondary N) is 1. The molecule has 1 N–H and O–H groups in total. The third-order valence-corrected chi connectivity index (χ3v) is 5.30. The molecule has 0 bridgehead atoms. The predicted octanol–water partition coefficient (Wildman–Crippen LogP) is 4.96. The van der Waals surface area contributed by atoms with Gasteiger partial charge in [-0.15, -0.1) is 21.5 Å². The third-order valence-electron chi connectivity index (χ3n) is 4.04. The Bertz CT molecular complexity index is 1130. The number of fused-ring (bicyclic) bond motifs is 1. The molecular formula is C19H14FN3O2S. The number of rotatable bonds is 3. The van der Waals surface area contributed by atoms with Gasteiger partial charge in [-0.2, -0.15) is 0 Å². The molecule has 2 aromatic heterocycles. The lowest BCUT2D eigenvalue weighted by atomic mass is 10.1. The molecular weight excluding hydrogens is 353 g/mol. The Morgan fingerprint density at radius 1 is 1.12 bits per heavy atom. The summed E-state index contributed by atoms with van der Waals surface area (Å²) in [5.41, 5.74) is 1.82. The molecule has 5 nitrogen and oxygen atoms in total. The van der Waals surface area contributed by atoms with Gasteiger partial charge in [0.05, 0.1) is 16.1 Å². The molecule has 0 unspecified atom stereocenters. The van der Waals surface area contributed by atoms with Gasteiger partial charge in [-0.05, 0) is 36.8 Å². The second-order valence-corrected chi connectivity index (χ2v) is 6.85. The van der Waals surface area contributed by atoms with Crippen LogP contribution in [0.3, 0.4) is 0 Å². The van der Waals surface area contributed by atoms with E-state index in [9.17, 15) is 9.18 Å². The molecule has 26 heavy (non-hydrogen) atoms. The van der Waals surface area contributed by atoms with Crippen molar-refractivity contribution in [2.75, 3.05) is 5.32 Å². The molecule has 130 valence electrons. The van der Waals surface area contributed by atoms with E-state index >= 15 is 0 Å². The fourth-order valence-corrected chi connectivity index (χ4v) is 3.95. The number of hydrogen-bond donors (Lipinski definition) is 1. The van der Waals surface area contributed by atoms with Gasteiger partial charge >= 0.3 is 0 Å². The SMILES string of the molecule is Cc1nnc(-c2ccccc2NC(=O)c2sc3cccc(F)c3c2C)o1. The topological polar surface area (TPSA) is 68.0 Å². The zero-order valence-electron chi connectivity index (χ0n) is 14.0. The monoisotopic (exact) mass is 367 g/mol. The van der Waals surface area contributed by atoms with Crippen molar-refractivity contribution in [1.29, 1.82) is 0 Å². The summed E-state index contributed by atoms with van der Waals surface area (Å²) in [6.45, 7) is 3.46. The minimum Gasteiger partial charge on any atom is -0.421 e. The summed E-state index contributed by atoms with van der Waals surface area (Å²) in [5.74, 6) is 0.151. The summed E-state index contributed by atoms with van der Waals surface area (Å²) in [6.07, 6.45) is 0. The molecule has 0 spiro atoms. The van der Waals surface area contributed by atoms with E-state index in [-0.39, 0.29) is 11.7 Å². The quantitative estimate of drug-likeness (QED) is 0.556. The van der Waals surface area contributed by atoms with Crippen molar-refractivity contribution in [3.8, 4) is 11.5 Å². The smallest absolute Gasteiger partial charge is 0.266 e. The van der Waals surface area contributed by atoms with Crippen LogP contribution in [0.2, 0.25) is 0 Å².